The Morgan fingerprint density at radius 3 is 1.67 bits per heavy atom. The van der Waals surface area contributed by atoms with Gasteiger partial charge in [0.25, 0.3) is 0 Å². The smallest absolute Gasteiger partial charge is 1.00 e. The second-order valence-corrected chi connectivity index (χ2v) is 1.34. The molecule has 0 saturated carbocycles. The third-order valence-electron chi connectivity index (χ3n) is 0. The van der Waals surface area contributed by atoms with Crippen molar-refractivity contribution in [3.05, 3.63) is 0 Å². The van der Waals surface area contributed by atoms with E-state index in [0.717, 1.165) is 0 Å². The number of halogens is 2. The molecule has 0 bridgehead atoms. The molecule has 1 atom stereocenters. The molecule has 0 amide bonds. The number of hydrogen-bond acceptors (Lipinski definition) is 2. The molecule has 34 valence electrons. The summed E-state index contributed by atoms with van der Waals surface area (Å²) in [6.07, 6.45) is 0. The summed E-state index contributed by atoms with van der Waals surface area (Å²) in [4.78, 5) is 0. The van der Waals surface area contributed by atoms with Crippen LogP contribution in [0.5, 0.6) is 0 Å². The van der Waals surface area contributed by atoms with Crippen LogP contribution < -0.4 is 75.4 Å². The fourth-order valence-electron chi connectivity index (χ4n) is 0. The van der Waals surface area contributed by atoms with Gasteiger partial charge in [0.15, 0.2) is 0 Å². The summed E-state index contributed by atoms with van der Waals surface area (Å²) in [6, 6.07) is 0. The van der Waals surface area contributed by atoms with Crippen LogP contribution in [0.2, 0.25) is 0 Å². The van der Waals surface area contributed by atoms with Gasteiger partial charge in [-0.15, -0.1) is 0 Å². The van der Waals surface area contributed by atoms with Gasteiger partial charge in [0, 0.05) is 10.3 Å². The molecular weight excluding hydrogens is 266 g/mol. The molecule has 2 nitrogen and oxygen atoms in total. The van der Waals surface area contributed by atoms with E-state index in [-0.39, 0.29) is 75.4 Å². The van der Waals surface area contributed by atoms with E-state index >= 15 is 0 Å². The van der Waals surface area contributed by atoms with Gasteiger partial charge < -0.3 is 28.5 Å². The van der Waals surface area contributed by atoms with Crippen molar-refractivity contribution in [2.24, 2.45) is 0 Å². The first kappa shape index (κ1) is 15.9. The van der Waals surface area contributed by atoms with E-state index in [1.807, 2.05) is 0 Å². The largest absolute Gasteiger partial charge is 1.00 e. The van der Waals surface area contributed by atoms with Crippen LogP contribution in [0.15, 0.2) is 0 Å². The number of hydrogen-bond donors (Lipinski definition) is 0. The fraction of sp³-hybridized carbons (Fsp3) is 0. The average molecular weight is 266 g/mol. The summed E-state index contributed by atoms with van der Waals surface area (Å²) in [7, 11) is 1.80. The topological polar surface area (TPSA) is 40.1 Å². The molecule has 0 aromatic rings. The van der Waals surface area contributed by atoms with Crippen LogP contribution in [-0.4, -0.2) is 8.76 Å². The Balaban J connectivity index is -0.0000000450. The average Bonchev–Trinajstić information content (AvgIpc) is 0.811. The van der Waals surface area contributed by atoms with Gasteiger partial charge in [-0.1, -0.05) is 0 Å². The molecule has 6 heteroatoms. The predicted octanol–water partition coefficient (Wildman–Crippen LogP) is -5.97. The summed E-state index contributed by atoms with van der Waals surface area (Å²) < 4.78 is 17.5. The SMILES string of the molecule is O=S([O-])Cl.[I-].[K+]. The Kier molecular flexibility index (Phi) is 28.3. The van der Waals surface area contributed by atoms with Crippen molar-refractivity contribution >= 4 is 21.0 Å². The molecule has 1 unspecified atom stereocenters. The number of rotatable bonds is 0. The first-order chi connectivity index (χ1) is 1.73. The minimum absolute atomic E-state index is 0. The van der Waals surface area contributed by atoms with Gasteiger partial charge in [-0.05, 0) is 10.7 Å². The van der Waals surface area contributed by atoms with E-state index in [1.54, 1.807) is 0 Å². The Morgan fingerprint density at radius 1 is 1.67 bits per heavy atom. The van der Waals surface area contributed by atoms with Crippen molar-refractivity contribution in [2.75, 3.05) is 0 Å². The third-order valence-corrected chi connectivity index (χ3v) is 0. The summed E-state index contributed by atoms with van der Waals surface area (Å²) in [6.45, 7) is 0. The molecule has 0 radical (unpaired) electrons. The maximum Gasteiger partial charge on any atom is 1.00 e. The molecule has 0 fully saturated rings. The first-order valence-electron chi connectivity index (χ1n) is 0.488. The van der Waals surface area contributed by atoms with Crippen LogP contribution in [0, 0.1) is 0 Å². The van der Waals surface area contributed by atoms with Gasteiger partial charge >= 0.3 is 51.4 Å². The van der Waals surface area contributed by atoms with Crippen molar-refractivity contribution in [1.29, 1.82) is 0 Å². The molecule has 0 aliphatic carbocycles. The summed E-state index contributed by atoms with van der Waals surface area (Å²) in [5, 5.41) is 0. The molecule has 0 aliphatic rings. The first-order valence-corrected chi connectivity index (χ1v) is 2.39. The van der Waals surface area contributed by atoms with E-state index in [1.165, 1.54) is 0 Å². The van der Waals surface area contributed by atoms with E-state index in [9.17, 15) is 0 Å². The van der Waals surface area contributed by atoms with E-state index in [0.29, 0.717) is 0 Å². The molecule has 0 spiro atoms. The van der Waals surface area contributed by atoms with Crippen LogP contribution in [-0.2, 0) is 10.3 Å². The molecule has 0 rings (SSSR count). The second-order valence-electron chi connectivity index (χ2n) is 0.194. The molecule has 6 heavy (non-hydrogen) atoms. The van der Waals surface area contributed by atoms with Crippen LogP contribution in [0.25, 0.3) is 0 Å². The minimum Gasteiger partial charge on any atom is -1.00 e. The standard InChI is InChI=1S/ClHO2S.HI.K/c1-4(2)3;;/h(H,2,3);1H;/q;;+1/p-2. The Hall–Kier alpha value is 2.77. The zero-order chi connectivity index (χ0) is 3.58. The minimum atomic E-state index is -2.39. The van der Waals surface area contributed by atoms with Crippen molar-refractivity contribution < 1.29 is 84.1 Å². The Labute approximate surface area is 103 Å². The summed E-state index contributed by atoms with van der Waals surface area (Å²) in [5.41, 5.74) is 0. The van der Waals surface area contributed by atoms with E-state index in [2.05, 4.69) is 10.7 Å². The van der Waals surface area contributed by atoms with Crippen molar-refractivity contribution in [1.82, 2.24) is 0 Å². The van der Waals surface area contributed by atoms with Gasteiger partial charge in [-0.3, -0.25) is 4.21 Å². The maximum atomic E-state index is 8.77. The quantitative estimate of drug-likeness (QED) is 0.189. The molecule has 0 saturated heterocycles. The molecular formula is ClIKO2S-. The van der Waals surface area contributed by atoms with Crippen LogP contribution >= 0.6 is 10.7 Å². The zero-order valence-electron chi connectivity index (χ0n) is 2.98. The Morgan fingerprint density at radius 2 is 1.67 bits per heavy atom. The zero-order valence-corrected chi connectivity index (χ0v) is 9.83. The van der Waals surface area contributed by atoms with Crippen molar-refractivity contribution in [3.8, 4) is 0 Å². The van der Waals surface area contributed by atoms with Crippen LogP contribution in [0.3, 0.4) is 0 Å². The van der Waals surface area contributed by atoms with Crippen LogP contribution in [0.4, 0.5) is 0 Å². The molecule has 0 N–H and O–H groups in total. The Bertz CT molecular complexity index is 36.5. The fourth-order valence-corrected chi connectivity index (χ4v) is 0. The van der Waals surface area contributed by atoms with E-state index in [4.69, 9.17) is 8.76 Å². The summed E-state index contributed by atoms with van der Waals surface area (Å²) in [5.74, 6) is 0. The predicted molar refractivity (Wildman–Crippen MR) is 14.8 cm³/mol. The van der Waals surface area contributed by atoms with Crippen LogP contribution in [0.1, 0.15) is 0 Å². The molecule has 0 heterocycles. The van der Waals surface area contributed by atoms with Gasteiger partial charge in [0.1, 0.15) is 0 Å². The monoisotopic (exact) mass is 265 g/mol. The van der Waals surface area contributed by atoms with E-state index < -0.39 is 10.3 Å². The van der Waals surface area contributed by atoms with Gasteiger partial charge in [0.05, 0.1) is 0 Å². The molecule has 0 aliphatic heterocycles. The maximum absolute atomic E-state index is 8.77. The third kappa shape index (κ3) is 29.4. The molecule has 0 aromatic carbocycles. The van der Waals surface area contributed by atoms with Crippen molar-refractivity contribution in [2.45, 2.75) is 0 Å². The summed E-state index contributed by atoms with van der Waals surface area (Å²) >= 11 is 0. The van der Waals surface area contributed by atoms with Gasteiger partial charge in [0.2, 0.25) is 0 Å². The van der Waals surface area contributed by atoms with Gasteiger partial charge in [-0.2, -0.15) is 0 Å². The van der Waals surface area contributed by atoms with Crippen molar-refractivity contribution in [3.63, 3.8) is 0 Å². The second kappa shape index (κ2) is 10.7. The van der Waals surface area contributed by atoms with Gasteiger partial charge in [-0.25, -0.2) is 0 Å². The molecule has 0 aromatic heterocycles. The normalized spacial score (nSPS) is 10.3.